The normalized spacial score (nSPS) is 11.0. The number of benzene rings is 1. The lowest BCUT2D eigenvalue weighted by atomic mass is 10.1. The molecule has 0 saturated heterocycles. The van der Waals surface area contributed by atoms with Crippen LogP contribution in [0.1, 0.15) is 47.4 Å². The molecule has 0 saturated carbocycles. The lowest BCUT2D eigenvalue weighted by Crippen LogP contribution is -2.14. The molecule has 0 aliphatic heterocycles. The van der Waals surface area contributed by atoms with Crippen molar-refractivity contribution >= 4 is 23.4 Å². The van der Waals surface area contributed by atoms with Gasteiger partial charge in [0.2, 0.25) is 0 Å². The Kier molecular flexibility index (Phi) is 5.37. The minimum Gasteiger partial charge on any atom is -0.447 e. The van der Waals surface area contributed by atoms with Crippen molar-refractivity contribution in [1.29, 1.82) is 0 Å². The molecule has 7 heteroatoms. The van der Waals surface area contributed by atoms with E-state index in [-0.39, 0.29) is 11.8 Å². The number of anilines is 1. The van der Waals surface area contributed by atoms with Crippen molar-refractivity contribution < 1.29 is 9.21 Å². The summed E-state index contributed by atoms with van der Waals surface area (Å²) in [6, 6.07) is 9.48. The first kappa shape index (κ1) is 18.1. The first-order valence-corrected chi connectivity index (χ1v) is 9.09. The first-order valence-electron chi connectivity index (χ1n) is 8.27. The molecule has 1 amide bonds. The molecular formula is C19H20N4O2S. The summed E-state index contributed by atoms with van der Waals surface area (Å²) in [5, 5.41) is 3.56. The van der Waals surface area contributed by atoms with Crippen LogP contribution in [-0.2, 0) is 0 Å². The molecule has 0 radical (unpaired) electrons. The van der Waals surface area contributed by atoms with Crippen molar-refractivity contribution in [2.75, 3.05) is 5.32 Å². The van der Waals surface area contributed by atoms with Crippen molar-refractivity contribution in [3.63, 3.8) is 0 Å². The number of aromatic nitrogens is 3. The number of hydrogen-bond donors (Lipinski definition) is 1. The highest BCUT2D eigenvalue weighted by molar-refractivity contribution is 7.99. The Labute approximate surface area is 156 Å². The maximum Gasteiger partial charge on any atom is 0.277 e. The number of oxazole rings is 1. The van der Waals surface area contributed by atoms with Gasteiger partial charge in [0.15, 0.2) is 17.2 Å². The molecule has 0 fully saturated rings. The second-order valence-corrected chi connectivity index (χ2v) is 7.27. The van der Waals surface area contributed by atoms with Crippen LogP contribution in [0.15, 0.2) is 51.2 Å². The van der Waals surface area contributed by atoms with Gasteiger partial charge < -0.3 is 9.73 Å². The SMILES string of the molecule is Cc1cc(C)nc(Sc2ccc(NC(=O)c3ncoc3C(C)C)cc2)n1. The molecule has 26 heavy (non-hydrogen) atoms. The maximum atomic E-state index is 12.4. The lowest BCUT2D eigenvalue weighted by Gasteiger charge is -2.07. The van der Waals surface area contributed by atoms with Crippen molar-refractivity contribution in [1.82, 2.24) is 15.0 Å². The van der Waals surface area contributed by atoms with E-state index in [9.17, 15) is 4.79 Å². The van der Waals surface area contributed by atoms with E-state index in [1.165, 1.54) is 18.2 Å². The van der Waals surface area contributed by atoms with Crippen LogP contribution < -0.4 is 5.32 Å². The average molecular weight is 368 g/mol. The predicted octanol–water partition coefficient (Wildman–Crippen LogP) is 4.61. The summed E-state index contributed by atoms with van der Waals surface area (Å²) in [5.41, 5.74) is 2.90. The van der Waals surface area contributed by atoms with Crippen LogP contribution in [-0.4, -0.2) is 20.9 Å². The van der Waals surface area contributed by atoms with Crippen LogP contribution in [0, 0.1) is 13.8 Å². The number of rotatable bonds is 5. The Morgan fingerprint density at radius 3 is 2.38 bits per heavy atom. The van der Waals surface area contributed by atoms with Gasteiger partial charge in [-0.15, -0.1) is 0 Å². The van der Waals surface area contributed by atoms with Gasteiger partial charge in [0.05, 0.1) is 0 Å². The van der Waals surface area contributed by atoms with Crippen molar-refractivity contribution in [2.45, 2.75) is 43.7 Å². The van der Waals surface area contributed by atoms with E-state index in [4.69, 9.17) is 4.42 Å². The standard InChI is InChI=1S/C19H20N4O2S/c1-11(2)17-16(20-10-25-17)18(24)23-14-5-7-15(8-6-14)26-19-21-12(3)9-13(4)22-19/h5-11H,1-4H3,(H,23,24). The van der Waals surface area contributed by atoms with Crippen molar-refractivity contribution in [3.8, 4) is 0 Å². The summed E-state index contributed by atoms with van der Waals surface area (Å²) in [5.74, 6) is 0.400. The summed E-state index contributed by atoms with van der Waals surface area (Å²) in [4.78, 5) is 26.3. The molecule has 0 atom stereocenters. The Morgan fingerprint density at radius 2 is 1.77 bits per heavy atom. The van der Waals surface area contributed by atoms with Crippen molar-refractivity contribution in [2.24, 2.45) is 0 Å². The highest BCUT2D eigenvalue weighted by atomic mass is 32.2. The molecule has 3 aromatic rings. The van der Waals surface area contributed by atoms with Crippen LogP contribution in [0.25, 0.3) is 0 Å². The van der Waals surface area contributed by atoms with E-state index < -0.39 is 0 Å². The minimum absolute atomic E-state index is 0.0924. The second kappa shape index (κ2) is 7.70. The van der Waals surface area contributed by atoms with Crippen LogP contribution in [0.2, 0.25) is 0 Å². The van der Waals surface area contributed by atoms with E-state index in [2.05, 4.69) is 20.3 Å². The van der Waals surface area contributed by atoms with Gasteiger partial charge in [-0.05, 0) is 55.9 Å². The van der Waals surface area contributed by atoms with E-state index in [1.54, 1.807) is 0 Å². The summed E-state index contributed by atoms with van der Waals surface area (Å²) in [6.45, 7) is 7.82. The molecule has 0 aliphatic rings. The molecule has 0 aliphatic carbocycles. The highest BCUT2D eigenvalue weighted by Gasteiger charge is 2.19. The molecule has 1 N–H and O–H groups in total. The molecule has 2 aromatic heterocycles. The fourth-order valence-corrected chi connectivity index (χ4v) is 3.34. The largest absolute Gasteiger partial charge is 0.447 e. The molecule has 0 bridgehead atoms. The zero-order chi connectivity index (χ0) is 18.7. The summed E-state index contributed by atoms with van der Waals surface area (Å²) in [7, 11) is 0. The number of aryl methyl sites for hydroxylation is 2. The van der Waals surface area contributed by atoms with Gasteiger partial charge in [0.1, 0.15) is 5.76 Å². The quantitative estimate of drug-likeness (QED) is 0.663. The summed E-state index contributed by atoms with van der Waals surface area (Å²) >= 11 is 1.49. The second-order valence-electron chi connectivity index (χ2n) is 6.23. The Hall–Kier alpha value is -2.67. The third kappa shape index (κ3) is 4.29. The number of amides is 1. The van der Waals surface area contributed by atoms with Crippen LogP contribution >= 0.6 is 11.8 Å². The van der Waals surface area contributed by atoms with Crippen LogP contribution in [0.5, 0.6) is 0 Å². The predicted molar refractivity (Wildman–Crippen MR) is 101 cm³/mol. The molecule has 2 heterocycles. The van der Waals surface area contributed by atoms with E-state index in [0.717, 1.165) is 16.3 Å². The molecule has 0 spiro atoms. The van der Waals surface area contributed by atoms with Gasteiger partial charge in [-0.1, -0.05) is 13.8 Å². The average Bonchev–Trinajstić information content (AvgIpc) is 3.06. The fraction of sp³-hybridized carbons (Fsp3) is 0.263. The zero-order valence-electron chi connectivity index (χ0n) is 15.1. The fourth-order valence-electron chi connectivity index (χ4n) is 2.48. The first-order chi connectivity index (χ1) is 12.4. The number of carbonyl (C=O) groups excluding carboxylic acids is 1. The van der Waals surface area contributed by atoms with Gasteiger partial charge in [-0.25, -0.2) is 15.0 Å². The summed E-state index contributed by atoms with van der Waals surface area (Å²) < 4.78 is 5.30. The number of nitrogens with one attached hydrogen (secondary N) is 1. The van der Waals surface area contributed by atoms with E-state index >= 15 is 0 Å². The van der Waals surface area contributed by atoms with E-state index in [0.29, 0.717) is 22.3 Å². The summed E-state index contributed by atoms with van der Waals surface area (Å²) in [6.07, 6.45) is 1.30. The third-order valence-corrected chi connectivity index (χ3v) is 4.49. The molecule has 134 valence electrons. The Balaban J connectivity index is 1.69. The maximum absolute atomic E-state index is 12.4. The van der Waals surface area contributed by atoms with E-state index in [1.807, 2.05) is 58.0 Å². The lowest BCUT2D eigenvalue weighted by molar-refractivity contribution is 0.102. The molecule has 1 aromatic carbocycles. The number of hydrogen-bond acceptors (Lipinski definition) is 6. The smallest absolute Gasteiger partial charge is 0.277 e. The Morgan fingerprint density at radius 1 is 1.12 bits per heavy atom. The van der Waals surface area contributed by atoms with Gasteiger partial charge in [-0.3, -0.25) is 4.79 Å². The third-order valence-electron chi connectivity index (χ3n) is 3.62. The number of carbonyl (C=O) groups is 1. The molecule has 6 nitrogen and oxygen atoms in total. The van der Waals surface area contributed by atoms with Crippen molar-refractivity contribution in [3.05, 3.63) is 59.6 Å². The highest BCUT2D eigenvalue weighted by Crippen LogP contribution is 2.26. The molecule has 3 rings (SSSR count). The number of nitrogens with zero attached hydrogens (tertiary/aromatic N) is 3. The van der Waals surface area contributed by atoms with Crippen LogP contribution in [0.3, 0.4) is 0 Å². The van der Waals surface area contributed by atoms with Gasteiger partial charge in [0.25, 0.3) is 5.91 Å². The molecular weight excluding hydrogens is 348 g/mol. The monoisotopic (exact) mass is 368 g/mol. The van der Waals surface area contributed by atoms with Gasteiger partial charge >= 0.3 is 0 Å². The molecule has 0 unspecified atom stereocenters. The zero-order valence-corrected chi connectivity index (χ0v) is 15.9. The Bertz CT molecular complexity index is 899. The van der Waals surface area contributed by atoms with Crippen LogP contribution in [0.4, 0.5) is 5.69 Å². The minimum atomic E-state index is -0.277. The topological polar surface area (TPSA) is 80.9 Å². The van der Waals surface area contributed by atoms with Gasteiger partial charge in [0, 0.05) is 27.9 Å². The van der Waals surface area contributed by atoms with Gasteiger partial charge in [-0.2, -0.15) is 0 Å².